The summed E-state index contributed by atoms with van der Waals surface area (Å²) in [5, 5.41) is 17.7. The minimum atomic E-state index is -0.826. The summed E-state index contributed by atoms with van der Waals surface area (Å²) in [6.45, 7) is 6.87. The van der Waals surface area contributed by atoms with Crippen LogP contribution >= 0.6 is 0 Å². The highest BCUT2D eigenvalue weighted by Crippen LogP contribution is 2.60. The molecule has 0 bridgehead atoms. The molecule has 0 aromatic carbocycles. The van der Waals surface area contributed by atoms with Crippen LogP contribution in [-0.4, -0.2) is 28.7 Å². The molecule has 0 aromatic rings. The van der Waals surface area contributed by atoms with Gasteiger partial charge in [0.25, 0.3) is 0 Å². The Labute approximate surface area is 102 Å². The lowest BCUT2D eigenvalue weighted by Crippen LogP contribution is -2.73. The molecule has 1 amide bonds. The van der Waals surface area contributed by atoms with E-state index in [9.17, 15) is 4.79 Å². The molecule has 4 nitrogen and oxygen atoms in total. The van der Waals surface area contributed by atoms with Gasteiger partial charge in [0.1, 0.15) is 0 Å². The van der Waals surface area contributed by atoms with Gasteiger partial charge in [-0.2, -0.15) is 5.26 Å². The van der Waals surface area contributed by atoms with E-state index in [0.29, 0.717) is 6.54 Å². The zero-order valence-electron chi connectivity index (χ0n) is 10.5. The molecule has 1 heterocycles. The van der Waals surface area contributed by atoms with Crippen LogP contribution in [-0.2, 0) is 0 Å². The van der Waals surface area contributed by atoms with E-state index in [1.165, 1.54) is 0 Å². The molecule has 2 aliphatic rings. The molecule has 2 rings (SSSR count). The molecule has 17 heavy (non-hydrogen) atoms. The first kappa shape index (κ1) is 12.0. The Morgan fingerprint density at radius 1 is 1.59 bits per heavy atom. The Morgan fingerprint density at radius 2 is 2.18 bits per heavy atom. The molecule has 0 aromatic heterocycles. The number of hydrogen-bond acceptors (Lipinski definition) is 2. The predicted molar refractivity (Wildman–Crippen MR) is 63.3 cm³/mol. The molecule has 1 N–H and O–H groups in total. The highest BCUT2D eigenvalue weighted by atomic mass is 16.4. The quantitative estimate of drug-likeness (QED) is 0.655. The van der Waals surface area contributed by atoms with Crippen molar-refractivity contribution in [1.82, 2.24) is 4.90 Å². The predicted octanol–water partition coefficient (Wildman–Crippen LogP) is 2.62. The van der Waals surface area contributed by atoms with Crippen molar-refractivity contribution in [3.8, 4) is 6.07 Å². The summed E-state index contributed by atoms with van der Waals surface area (Å²) < 4.78 is 0. The van der Waals surface area contributed by atoms with E-state index < -0.39 is 6.09 Å². The molecule has 1 spiro atoms. The average Bonchev–Trinajstić information content (AvgIpc) is 2.03. The van der Waals surface area contributed by atoms with Crippen LogP contribution in [0.1, 0.15) is 33.6 Å². The van der Waals surface area contributed by atoms with Gasteiger partial charge in [-0.15, -0.1) is 0 Å². The molecule has 0 radical (unpaired) electrons. The number of amides is 1. The second kappa shape index (κ2) is 3.49. The number of hydrogen-bond donors (Lipinski definition) is 1. The number of nitrogens with zero attached hydrogens (tertiary/aromatic N) is 2. The second-order valence-corrected chi connectivity index (χ2v) is 6.33. The third kappa shape index (κ3) is 1.70. The summed E-state index contributed by atoms with van der Waals surface area (Å²) in [4.78, 5) is 12.7. The van der Waals surface area contributed by atoms with Crippen LogP contribution in [0.3, 0.4) is 0 Å². The lowest BCUT2D eigenvalue weighted by molar-refractivity contribution is -0.128. The summed E-state index contributed by atoms with van der Waals surface area (Å²) in [7, 11) is 0. The molecule has 1 saturated carbocycles. The summed E-state index contributed by atoms with van der Waals surface area (Å²) >= 11 is 0. The topological polar surface area (TPSA) is 64.3 Å². The number of carboxylic acid groups (broad SMARTS) is 1. The number of rotatable bonds is 0. The Morgan fingerprint density at radius 3 is 2.59 bits per heavy atom. The lowest BCUT2D eigenvalue weighted by Gasteiger charge is -2.66. The molecule has 2 fully saturated rings. The third-order valence-electron chi connectivity index (χ3n) is 3.87. The van der Waals surface area contributed by atoms with Gasteiger partial charge in [-0.3, -0.25) is 0 Å². The number of allylic oxidation sites excluding steroid dienone is 2. The molecule has 4 heteroatoms. The first-order valence-corrected chi connectivity index (χ1v) is 5.87. The van der Waals surface area contributed by atoms with Gasteiger partial charge in [0, 0.05) is 24.1 Å². The fraction of sp³-hybridized carbons (Fsp3) is 0.692. The summed E-state index contributed by atoms with van der Waals surface area (Å²) in [6, 6.07) is 2.12. The molecule has 1 saturated heterocycles. The lowest BCUT2D eigenvalue weighted by atomic mass is 9.51. The van der Waals surface area contributed by atoms with Crippen LogP contribution in [0.2, 0.25) is 0 Å². The molecule has 1 aliphatic carbocycles. The average molecular weight is 234 g/mol. The van der Waals surface area contributed by atoms with E-state index in [1.54, 1.807) is 11.0 Å². The smallest absolute Gasteiger partial charge is 0.407 e. The second-order valence-electron chi connectivity index (χ2n) is 6.33. The van der Waals surface area contributed by atoms with Gasteiger partial charge in [0.15, 0.2) is 0 Å². The van der Waals surface area contributed by atoms with E-state index in [-0.39, 0.29) is 16.9 Å². The summed E-state index contributed by atoms with van der Waals surface area (Å²) in [6.07, 6.45) is 2.54. The van der Waals surface area contributed by atoms with Crippen LogP contribution in [0.4, 0.5) is 4.79 Å². The number of carbonyl (C=O) groups is 1. The highest BCUT2D eigenvalue weighted by Gasteiger charge is 2.62. The Kier molecular flexibility index (Phi) is 2.46. The fourth-order valence-electron chi connectivity index (χ4n) is 3.65. The van der Waals surface area contributed by atoms with Gasteiger partial charge >= 0.3 is 6.09 Å². The summed E-state index contributed by atoms with van der Waals surface area (Å²) in [5.74, 6) is 0. The van der Waals surface area contributed by atoms with E-state index in [0.717, 1.165) is 18.4 Å². The maximum Gasteiger partial charge on any atom is 0.407 e. The van der Waals surface area contributed by atoms with Crippen LogP contribution in [0.15, 0.2) is 11.6 Å². The number of nitriles is 1. The normalized spacial score (nSPS) is 31.5. The van der Waals surface area contributed by atoms with Gasteiger partial charge in [0.05, 0.1) is 6.07 Å². The van der Waals surface area contributed by atoms with Crippen LogP contribution in [0, 0.1) is 22.2 Å². The molecule has 1 aliphatic heterocycles. The highest BCUT2D eigenvalue weighted by molar-refractivity contribution is 5.68. The van der Waals surface area contributed by atoms with Crippen LogP contribution in [0.5, 0.6) is 0 Å². The maximum atomic E-state index is 11.1. The molecular weight excluding hydrogens is 216 g/mol. The third-order valence-corrected chi connectivity index (χ3v) is 3.87. The molecule has 1 unspecified atom stereocenters. The maximum absolute atomic E-state index is 11.1. The first-order valence-electron chi connectivity index (χ1n) is 5.87. The minimum Gasteiger partial charge on any atom is -0.465 e. The fourth-order valence-corrected chi connectivity index (χ4v) is 3.65. The van der Waals surface area contributed by atoms with E-state index in [1.807, 2.05) is 0 Å². The monoisotopic (exact) mass is 234 g/mol. The van der Waals surface area contributed by atoms with E-state index in [4.69, 9.17) is 10.4 Å². The van der Waals surface area contributed by atoms with Crippen molar-refractivity contribution in [3.63, 3.8) is 0 Å². The SMILES string of the molecule is CC(C)(C)C1N(C(=O)O)CC12CC(=CC#N)C2. The minimum absolute atomic E-state index is 0.0468. The number of likely N-dealkylation sites (tertiary alicyclic amines) is 1. The van der Waals surface area contributed by atoms with Crippen molar-refractivity contribution in [3.05, 3.63) is 11.6 Å². The summed E-state index contributed by atoms with van der Waals surface area (Å²) in [5.41, 5.74) is 1.21. The van der Waals surface area contributed by atoms with Gasteiger partial charge in [-0.05, 0) is 18.3 Å². The first-order chi connectivity index (χ1) is 7.80. The van der Waals surface area contributed by atoms with Gasteiger partial charge in [0.2, 0.25) is 0 Å². The van der Waals surface area contributed by atoms with Crippen LogP contribution < -0.4 is 0 Å². The zero-order valence-corrected chi connectivity index (χ0v) is 10.5. The zero-order chi connectivity index (χ0) is 12.8. The Hall–Kier alpha value is -1.50. The van der Waals surface area contributed by atoms with Crippen molar-refractivity contribution in [2.45, 2.75) is 39.7 Å². The van der Waals surface area contributed by atoms with Crippen molar-refractivity contribution in [2.24, 2.45) is 10.8 Å². The van der Waals surface area contributed by atoms with Crippen molar-refractivity contribution >= 4 is 6.09 Å². The largest absolute Gasteiger partial charge is 0.465 e. The van der Waals surface area contributed by atoms with Gasteiger partial charge in [-0.1, -0.05) is 26.3 Å². The van der Waals surface area contributed by atoms with E-state index >= 15 is 0 Å². The van der Waals surface area contributed by atoms with E-state index in [2.05, 4.69) is 26.8 Å². The van der Waals surface area contributed by atoms with Crippen LogP contribution in [0.25, 0.3) is 0 Å². The van der Waals surface area contributed by atoms with Crippen molar-refractivity contribution in [2.75, 3.05) is 6.54 Å². The van der Waals surface area contributed by atoms with Gasteiger partial charge in [-0.25, -0.2) is 4.79 Å². The van der Waals surface area contributed by atoms with Crippen molar-refractivity contribution in [1.29, 1.82) is 5.26 Å². The van der Waals surface area contributed by atoms with Crippen molar-refractivity contribution < 1.29 is 9.90 Å². The Bertz CT molecular complexity index is 418. The van der Waals surface area contributed by atoms with Gasteiger partial charge < -0.3 is 10.0 Å². The Balaban J connectivity index is 2.16. The standard InChI is InChI=1S/C13H18N2O2/c1-12(2,3)10-13(8-15(10)11(16)17)6-9(7-13)4-5-14/h4,10H,6-8H2,1-3H3,(H,16,17). The molecule has 92 valence electrons. The molecular formula is C13H18N2O2. The molecule has 1 atom stereocenters.